The molecule has 128 valence electrons. The Hall–Kier alpha value is -2.37. The monoisotopic (exact) mass is 375 g/mol. The SMILES string of the molecule is CC(NC(=O)COc1ncnc2ccccc12)c1ccc(Cl)cc1Cl. The molecule has 1 atom stereocenters. The van der Waals surface area contributed by atoms with Gasteiger partial charge in [0.1, 0.15) is 6.33 Å². The number of benzene rings is 2. The van der Waals surface area contributed by atoms with E-state index in [0.717, 1.165) is 16.5 Å². The molecule has 1 unspecified atom stereocenters. The van der Waals surface area contributed by atoms with Crippen molar-refractivity contribution in [1.29, 1.82) is 0 Å². The van der Waals surface area contributed by atoms with Crippen LogP contribution in [-0.2, 0) is 4.79 Å². The number of halogens is 2. The van der Waals surface area contributed by atoms with Gasteiger partial charge in [0.05, 0.1) is 16.9 Å². The maximum absolute atomic E-state index is 12.2. The van der Waals surface area contributed by atoms with Gasteiger partial charge in [-0.1, -0.05) is 41.4 Å². The Morgan fingerprint density at radius 3 is 2.80 bits per heavy atom. The molecule has 1 amide bonds. The molecule has 25 heavy (non-hydrogen) atoms. The first-order valence-electron chi connectivity index (χ1n) is 7.61. The molecule has 1 aromatic heterocycles. The molecular weight excluding hydrogens is 361 g/mol. The minimum Gasteiger partial charge on any atom is -0.467 e. The number of carbonyl (C=O) groups excluding carboxylic acids is 1. The van der Waals surface area contributed by atoms with Gasteiger partial charge in [0.25, 0.3) is 5.91 Å². The number of ether oxygens (including phenoxy) is 1. The molecule has 0 fully saturated rings. The second-order valence-corrected chi connectivity index (χ2v) is 6.28. The summed E-state index contributed by atoms with van der Waals surface area (Å²) in [5.74, 6) is 0.0964. The smallest absolute Gasteiger partial charge is 0.258 e. The predicted molar refractivity (Wildman–Crippen MR) is 98.1 cm³/mol. The van der Waals surface area contributed by atoms with E-state index in [1.165, 1.54) is 6.33 Å². The summed E-state index contributed by atoms with van der Waals surface area (Å²) in [5, 5.41) is 4.65. The van der Waals surface area contributed by atoms with Crippen molar-refractivity contribution in [2.45, 2.75) is 13.0 Å². The Morgan fingerprint density at radius 1 is 1.20 bits per heavy atom. The van der Waals surface area contributed by atoms with Crippen molar-refractivity contribution in [2.75, 3.05) is 6.61 Å². The summed E-state index contributed by atoms with van der Waals surface area (Å²) in [6, 6.07) is 12.3. The van der Waals surface area contributed by atoms with E-state index in [2.05, 4.69) is 15.3 Å². The largest absolute Gasteiger partial charge is 0.467 e. The molecular formula is C18H15Cl2N3O2. The molecule has 7 heteroatoms. The fourth-order valence-corrected chi connectivity index (χ4v) is 3.01. The zero-order chi connectivity index (χ0) is 17.8. The third-order valence-electron chi connectivity index (χ3n) is 3.65. The number of hydrogen-bond donors (Lipinski definition) is 1. The number of para-hydroxylation sites is 1. The van der Waals surface area contributed by atoms with Gasteiger partial charge in [-0.25, -0.2) is 9.97 Å². The Morgan fingerprint density at radius 2 is 2.00 bits per heavy atom. The van der Waals surface area contributed by atoms with Crippen molar-refractivity contribution in [3.8, 4) is 5.88 Å². The van der Waals surface area contributed by atoms with Crippen LogP contribution in [0.15, 0.2) is 48.8 Å². The third kappa shape index (κ3) is 4.18. The fraction of sp³-hybridized carbons (Fsp3) is 0.167. The van der Waals surface area contributed by atoms with Gasteiger partial charge < -0.3 is 10.1 Å². The van der Waals surface area contributed by atoms with Crippen LogP contribution in [0, 0.1) is 0 Å². The summed E-state index contributed by atoms with van der Waals surface area (Å²) in [4.78, 5) is 20.4. The summed E-state index contributed by atoms with van der Waals surface area (Å²) in [5.41, 5.74) is 1.54. The van der Waals surface area contributed by atoms with E-state index >= 15 is 0 Å². The normalized spacial score (nSPS) is 12.0. The lowest BCUT2D eigenvalue weighted by Gasteiger charge is -2.16. The minimum atomic E-state index is -0.277. The number of amides is 1. The van der Waals surface area contributed by atoms with Crippen LogP contribution in [0.1, 0.15) is 18.5 Å². The van der Waals surface area contributed by atoms with Gasteiger partial charge >= 0.3 is 0 Å². The van der Waals surface area contributed by atoms with E-state index in [1.54, 1.807) is 18.2 Å². The quantitative estimate of drug-likeness (QED) is 0.725. The first-order chi connectivity index (χ1) is 12.0. The topological polar surface area (TPSA) is 64.1 Å². The van der Waals surface area contributed by atoms with E-state index in [9.17, 15) is 4.79 Å². The van der Waals surface area contributed by atoms with Gasteiger partial charge in [-0.15, -0.1) is 0 Å². The number of aromatic nitrogens is 2. The maximum atomic E-state index is 12.2. The van der Waals surface area contributed by atoms with Gasteiger partial charge in [-0.05, 0) is 36.8 Å². The second kappa shape index (κ2) is 7.68. The van der Waals surface area contributed by atoms with Crippen LogP contribution in [-0.4, -0.2) is 22.5 Å². The molecule has 0 aliphatic heterocycles. The minimum absolute atomic E-state index is 0.156. The van der Waals surface area contributed by atoms with E-state index in [1.807, 2.05) is 31.2 Å². The van der Waals surface area contributed by atoms with Crippen LogP contribution >= 0.6 is 23.2 Å². The summed E-state index contributed by atoms with van der Waals surface area (Å²) in [7, 11) is 0. The lowest BCUT2D eigenvalue weighted by molar-refractivity contribution is -0.123. The molecule has 1 N–H and O–H groups in total. The molecule has 5 nitrogen and oxygen atoms in total. The molecule has 1 heterocycles. The Kier molecular flexibility index (Phi) is 5.36. The summed E-state index contributed by atoms with van der Waals surface area (Å²) in [6.07, 6.45) is 1.41. The number of rotatable bonds is 5. The summed E-state index contributed by atoms with van der Waals surface area (Å²) < 4.78 is 5.55. The van der Waals surface area contributed by atoms with Gasteiger partial charge in [0, 0.05) is 10.0 Å². The van der Waals surface area contributed by atoms with Crippen LogP contribution in [0.25, 0.3) is 10.9 Å². The highest BCUT2D eigenvalue weighted by molar-refractivity contribution is 6.35. The molecule has 0 aliphatic carbocycles. The van der Waals surface area contributed by atoms with Crippen LogP contribution < -0.4 is 10.1 Å². The molecule has 0 radical (unpaired) electrons. The number of nitrogens with one attached hydrogen (secondary N) is 1. The molecule has 0 spiro atoms. The molecule has 3 aromatic rings. The summed E-state index contributed by atoms with van der Waals surface area (Å²) in [6.45, 7) is 1.68. The van der Waals surface area contributed by atoms with Crippen LogP contribution in [0.5, 0.6) is 5.88 Å². The van der Waals surface area contributed by atoms with Gasteiger partial charge in [0.15, 0.2) is 6.61 Å². The number of hydrogen-bond acceptors (Lipinski definition) is 4. The standard InChI is InChI=1S/C18H15Cl2N3O2/c1-11(13-7-6-12(19)8-15(13)20)23-17(24)9-25-18-14-4-2-3-5-16(14)21-10-22-18/h2-8,10-11H,9H2,1H3,(H,23,24). The Labute approximate surface area is 155 Å². The molecule has 3 rings (SSSR count). The van der Waals surface area contributed by atoms with E-state index in [-0.39, 0.29) is 18.6 Å². The highest BCUT2D eigenvalue weighted by Gasteiger charge is 2.14. The Balaban J connectivity index is 1.64. The lowest BCUT2D eigenvalue weighted by Crippen LogP contribution is -2.31. The van der Waals surface area contributed by atoms with Crippen molar-refractivity contribution < 1.29 is 9.53 Å². The molecule has 0 bridgehead atoms. The van der Waals surface area contributed by atoms with Crippen LogP contribution in [0.4, 0.5) is 0 Å². The predicted octanol–water partition coefficient (Wildman–Crippen LogP) is 4.19. The second-order valence-electron chi connectivity index (χ2n) is 5.44. The highest BCUT2D eigenvalue weighted by Crippen LogP contribution is 2.26. The van der Waals surface area contributed by atoms with Gasteiger partial charge in [0.2, 0.25) is 5.88 Å². The van der Waals surface area contributed by atoms with E-state index in [4.69, 9.17) is 27.9 Å². The fourth-order valence-electron chi connectivity index (χ4n) is 2.44. The zero-order valence-electron chi connectivity index (χ0n) is 13.4. The van der Waals surface area contributed by atoms with Crippen LogP contribution in [0.2, 0.25) is 10.0 Å². The first-order valence-corrected chi connectivity index (χ1v) is 8.37. The molecule has 0 saturated carbocycles. The highest BCUT2D eigenvalue weighted by atomic mass is 35.5. The lowest BCUT2D eigenvalue weighted by atomic mass is 10.1. The zero-order valence-corrected chi connectivity index (χ0v) is 14.9. The van der Waals surface area contributed by atoms with Crippen molar-refractivity contribution in [1.82, 2.24) is 15.3 Å². The number of carbonyl (C=O) groups is 1. The molecule has 0 saturated heterocycles. The average molecular weight is 376 g/mol. The van der Waals surface area contributed by atoms with Crippen molar-refractivity contribution >= 4 is 40.0 Å². The Bertz CT molecular complexity index is 912. The molecule has 2 aromatic carbocycles. The van der Waals surface area contributed by atoms with Crippen LogP contribution in [0.3, 0.4) is 0 Å². The maximum Gasteiger partial charge on any atom is 0.258 e. The van der Waals surface area contributed by atoms with Gasteiger partial charge in [-0.3, -0.25) is 4.79 Å². The van der Waals surface area contributed by atoms with Crippen molar-refractivity contribution in [3.05, 3.63) is 64.4 Å². The van der Waals surface area contributed by atoms with Crippen molar-refractivity contribution in [2.24, 2.45) is 0 Å². The first kappa shape index (κ1) is 17.5. The number of nitrogens with zero attached hydrogens (tertiary/aromatic N) is 2. The third-order valence-corrected chi connectivity index (χ3v) is 4.22. The summed E-state index contributed by atoms with van der Waals surface area (Å²) >= 11 is 12.1. The number of fused-ring (bicyclic) bond motifs is 1. The van der Waals surface area contributed by atoms with Gasteiger partial charge in [-0.2, -0.15) is 0 Å². The molecule has 0 aliphatic rings. The van der Waals surface area contributed by atoms with E-state index in [0.29, 0.717) is 15.9 Å². The van der Waals surface area contributed by atoms with Crippen molar-refractivity contribution in [3.63, 3.8) is 0 Å². The average Bonchev–Trinajstić information content (AvgIpc) is 2.59. The van der Waals surface area contributed by atoms with E-state index < -0.39 is 0 Å².